The summed E-state index contributed by atoms with van der Waals surface area (Å²) in [5.74, 6) is -0.325. The number of nitrogens with one attached hydrogen (secondary N) is 2. The number of aryl methyl sites for hydroxylation is 1. The monoisotopic (exact) mass is 338 g/mol. The molecule has 116 valence electrons. The minimum atomic E-state index is -0.183. The number of hydrogen-bond acceptors (Lipinski definition) is 5. The van der Waals surface area contributed by atoms with Crippen LogP contribution in [0.2, 0.25) is 5.02 Å². The lowest BCUT2D eigenvalue weighted by Crippen LogP contribution is -2.25. The maximum Gasteiger partial charge on any atom is 0.251 e. The fourth-order valence-electron chi connectivity index (χ4n) is 1.68. The Labute approximate surface area is 136 Å². The van der Waals surface area contributed by atoms with Crippen molar-refractivity contribution in [1.82, 2.24) is 15.5 Å². The molecule has 1 heterocycles. The molecule has 2 N–H and O–H groups in total. The molecule has 2 amide bonds. The van der Waals surface area contributed by atoms with Crippen molar-refractivity contribution >= 4 is 39.9 Å². The summed E-state index contributed by atoms with van der Waals surface area (Å²) in [7, 11) is 0. The molecule has 6 nitrogen and oxygen atoms in total. The zero-order chi connectivity index (χ0) is 15.9. The van der Waals surface area contributed by atoms with Gasteiger partial charge in [0, 0.05) is 23.6 Å². The topological polar surface area (TPSA) is 84.0 Å². The molecule has 0 atom stereocenters. The minimum Gasteiger partial charge on any atom is -0.352 e. The first-order valence-electron chi connectivity index (χ1n) is 6.68. The van der Waals surface area contributed by atoms with Gasteiger partial charge in [-0.05, 0) is 37.6 Å². The molecular weight excluding hydrogens is 324 g/mol. The summed E-state index contributed by atoms with van der Waals surface area (Å²) in [4.78, 5) is 23.5. The Morgan fingerprint density at radius 3 is 2.59 bits per heavy atom. The van der Waals surface area contributed by atoms with Gasteiger partial charge in [0.15, 0.2) is 0 Å². The molecule has 0 bridgehead atoms. The minimum absolute atomic E-state index is 0.142. The van der Waals surface area contributed by atoms with E-state index in [1.807, 2.05) is 6.92 Å². The Morgan fingerprint density at radius 2 is 1.95 bits per heavy atom. The second-order valence-electron chi connectivity index (χ2n) is 4.54. The summed E-state index contributed by atoms with van der Waals surface area (Å²) in [5.41, 5.74) is 0.540. The summed E-state index contributed by atoms with van der Waals surface area (Å²) in [5, 5.41) is 14.9. The molecule has 0 saturated heterocycles. The lowest BCUT2D eigenvalue weighted by molar-refractivity contribution is -0.116. The van der Waals surface area contributed by atoms with Crippen molar-refractivity contribution in [3.05, 3.63) is 39.9 Å². The van der Waals surface area contributed by atoms with E-state index in [-0.39, 0.29) is 11.8 Å². The van der Waals surface area contributed by atoms with Crippen LogP contribution >= 0.6 is 22.9 Å². The Bertz CT molecular complexity index is 657. The number of aromatic nitrogens is 2. The molecule has 0 fully saturated rings. The summed E-state index contributed by atoms with van der Waals surface area (Å²) in [6, 6.07) is 6.63. The van der Waals surface area contributed by atoms with Crippen LogP contribution in [0.15, 0.2) is 24.3 Å². The van der Waals surface area contributed by atoms with E-state index in [2.05, 4.69) is 20.8 Å². The molecule has 0 aliphatic carbocycles. The maximum atomic E-state index is 11.8. The summed E-state index contributed by atoms with van der Waals surface area (Å²) >= 11 is 7.09. The van der Waals surface area contributed by atoms with Crippen LogP contribution in [0, 0.1) is 6.92 Å². The summed E-state index contributed by atoms with van der Waals surface area (Å²) in [6.45, 7) is 2.24. The van der Waals surface area contributed by atoms with Crippen molar-refractivity contribution < 1.29 is 9.59 Å². The van der Waals surface area contributed by atoms with Crippen LogP contribution in [0.5, 0.6) is 0 Å². The van der Waals surface area contributed by atoms with Gasteiger partial charge in [0.2, 0.25) is 11.0 Å². The van der Waals surface area contributed by atoms with E-state index in [0.717, 1.165) is 5.01 Å². The van der Waals surface area contributed by atoms with E-state index in [9.17, 15) is 9.59 Å². The van der Waals surface area contributed by atoms with Gasteiger partial charge in [-0.1, -0.05) is 22.9 Å². The number of halogens is 1. The van der Waals surface area contributed by atoms with Gasteiger partial charge in [0.25, 0.3) is 5.91 Å². The largest absolute Gasteiger partial charge is 0.352 e. The fraction of sp³-hybridized carbons (Fsp3) is 0.286. The summed E-state index contributed by atoms with van der Waals surface area (Å²) in [6.07, 6.45) is 0.850. The second-order valence-corrected chi connectivity index (χ2v) is 6.16. The molecule has 0 saturated carbocycles. The third kappa shape index (κ3) is 5.09. The standard InChI is InChI=1S/C14H15ClN4O2S/c1-9-18-19-14(22-9)17-12(20)3-2-8-16-13(21)10-4-6-11(15)7-5-10/h4-7H,2-3,8H2,1H3,(H,16,21)(H,17,19,20). The van der Waals surface area contributed by atoms with E-state index in [1.165, 1.54) is 11.3 Å². The number of carbonyl (C=O) groups excluding carboxylic acids is 2. The van der Waals surface area contributed by atoms with Crippen LogP contribution in [-0.4, -0.2) is 28.6 Å². The van der Waals surface area contributed by atoms with Crippen LogP contribution in [0.1, 0.15) is 28.2 Å². The second kappa shape index (κ2) is 7.86. The number of rotatable bonds is 6. The van der Waals surface area contributed by atoms with Crippen molar-refractivity contribution in [2.24, 2.45) is 0 Å². The van der Waals surface area contributed by atoms with Crippen molar-refractivity contribution in [2.45, 2.75) is 19.8 Å². The third-order valence-electron chi connectivity index (χ3n) is 2.74. The Hall–Kier alpha value is -1.99. The smallest absolute Gasteiger partial charge is 0.251 e. The van der Waals surface area contributed by atoms with E-state index >= 15 is 0 Å². The van der Waals surface area contributed by atoms with Gasteiger partial charge in [-0.3, -0.25) is 9.59 Å². The van der Waals surface area contributed by atoms with Gasteiger partial charge < -0.3 is 10.6 Å². The lowest BCUT2D eigenvalue weighted by atomic mass is 10.2. The SMILES string of the molecule is Cc1nnc(NC(=O)CCCNC(=O)c2ccc(Cl)cc2)s1. The highest BCUT2D eigenvalue weighted by Gasteiger charge is 2.07. The first-order chi connectivity index (χ1) is 10.5. The van der Waals surface area contributed by atoms with E-state index in [4.69, 9.17) is 11.6 Å². The Morgan fingerprint density at radius 1 is 1.23 bits per heavy atom. The molecule has 1 aromatic heterocycles. The number of nitrogens with zero attached hydrogens (tertiary/aromatic N) is 2. The average Bonchev–Trinajstić information content (AvgIpc) is 2.89. The van der Waals surface area contributed by atoms with Crippen molar-refractivity contribution in [3.63, 3.8) is 0 Å². The average molecular weight is 339 g/mol. The molecule has 0 unspecified atom stereocenters. The molecule has 0 aliphatic rings. The van der Waals surface area contributed by atoms with Gasteiger partial charge in [-0.15, -0.1) is 10.2 Å². The van der Waals surface area contributed by atoms with Crippen molar-refractivity contribution in [1.29, 1.82) is 0 Å². The van der Waals surface area contributed by atoms with Crippen molar-refractivity contribution in [3.8, 4) is 0 Å². The summed E-state index contributed by atoms with van der Waals surface area (Å²) < 4.78 is 0. The van der Waals surface area contributed by atoms with E-state index in [1.54, 1.807) is 24.3 Å². The molecule has 22 heavy (non-hydrogen) atoms. The van der Waals surface area contributed by atoms with Crippen molar-refractivity contribution in [2.75, 3.05) is 11.9 Å². The highest BCUT2D eigenvalue weighted by Crippen LogP contribution is 2.14. The van der Waals surface area contributed by atoms with Gasteiger partial charge in [-0.25, -0.2) is 0 Å². The van der Waals surface area contributed by atoms with Gasteiger partial charge in [0.1, 0.15) is 5.01 Å². The maximum absolute atomic E-state index is 11.8. The number of amides is 2. The normalized spacial score (nSPS) is 10.3. The van der Waals surface area contributed by atoms with Gasteiger partial charge >= 0.3 is 0 Å². The molecule has 0 aliphatic heterocycles. The fourth-order valence-corrected chi connectivity index (χ4v) is 2.42. The van der Waals surface area contributed by atoms with Crippen LogP contribution in [-0.2, 0) is 4.79 Å². The number of benzene rings is 1. The quantitative estimate of drug-likeness (QED) is 0.793. The molecule has 2 rings (SSSR count). The molecule has 2 aromatic rings. The van der Waals surface area contributed by atoms with Crippen LogP contribution in [0.4, 0.5) is 5.13 Å². The Balaban J connectivity index is 1.67. The molecule has 0 spiro atoms. The molecule has 1 aromatic carbocycles. The van der Waals surface area contributed by atoms with E-state index < -0.39 is 0 Å². The van der Waals surface area contributed by atoms with Crippen LogP contribution < -0.4 is 10.6 Å². The molecule has 0 radical (unpaired) electrons. The van der Waals surface area contributed by atoms with Crippen LogP contribution in [0.25, 0.3) is 0 Å². The number of anilines is 1. The molecular formula is C14H15ClN4O2S. The number of carbonyl (C=O) groups is 2. The highest BCUT2D eigenvalue weighted by molar-refractivity contribution is 7.15. The lowest BCUT2D eigenvalue weighted by Gasteiger charge is -2.05. The van der Waals surface area contributed by atoms with Gasteiger partial charge in [-0.2, -0.15) is 0 Å². The van der Waals surface area contributed by atoms with E-state index in [0.29, 0.717) is 35.1 Å². The Kier molecular flexibility index (Phi) is 5.85. The zero-order valence-electron chi connectivity index (χ0n) is 11.9. The molecule has 8 heteroatoms. The third-order valence-corrected chi connectivity index (χ3v) is 3.75. The zero-order valence-corrected chi connectivity index (χ0v) is 13.5. The first-order valence-corrected chi connectivity index (χ1v) is 7.88. The number of hydrogen-bond donors (Lipinski definition) is 2. The van der Waals surface area contributed by atoms with Gasteiger partial charge in [0.05, 0.1) is 0 Å². The predicted octanol–water partition coefficient (Wildman–Crippen LogP) is 2.65. The first kappa shape index (κ1) is 16.4. The highest BCUT2D eigenvalue weighted by atomic mass is 35.5. The predicted molar refractivity (Wildman–Crippen MR) is 86.3 cm³/mol. The van der Waals surface area contributed by atoms with Crippen LogP contribution in [0.3, 0.4) is 0 Å².